The van der Waals surface area contributed by atoms with Gasteiger partial charge in [0.15, 0.2) is 5.96 Å². The lowest BCUT2D eigenvalue weighted by atomic mass is 10.1. The van der Waals surface area contributed by atoms with Crippen molar-refractivity contribution in [3.63, 3.8) is 0 Å². The van der Waals surface area contributed by atoms with Crippen LogP contribution in [0.4, 0.5) is 0 Å². The molecule has 1 heterocycles. The van der Waals surface area contributed by atoms with Crippen molar-refractivity contribution in [2.45, 2.75) is 19.8 Å². The van der Waals surface area contributed by atoms with Crippen molar-refractivity contribution in [2.75, 3.05) is 46.5 Å². The number of ether oxygens (including phenoxy) is 2. The van der Waals surface area contributed by atoms with Gasteiger partial charge in [0.05, 0.1) is 13.2 Å². The summed E-state index contributed by atoms with van der Waals surface area (Å²) >= 11 is 0. The second-order valence-electron chi connectivity index (χ2n) is 5.76. The molecule has 1 aliphatic heterocycles. The van der Waals surface area contributed by atoms with Crippen molar-refractivity contribution >= 4 is 35.8 Å². The van der Waals surface area contributed by atoms with Gasteiger partial charge in [-0.3, -0.25) is 4.79 Å². The molecule has 1 aromatic rings. The summed E-state index contributed by atoms with van der Waals surface area (Å²) in [5, 5.41) is 9.16. The summed E-state index contributed by atoms with van der Waals surface area (Å²) < 4.78 is 10.4. The number of hydrogen-bond acceptors (Lipinski definition) is 4. The highest BCUT2D eigenvalue weighted by Crippen LogP contribution is 2.25. The number of aliphatic imine (C=N–C) groups is 1. The Labute approximate surface area is 172 Å². The zero-order chi connectivity index (χ0) is 17.9. The number of halogens is 1. The molecule has 0 fully saturated rings. The van der Waals surface area contributed by atoms with Gasteiger partial charge in [0.2, 0.25) is 5.91 Å². The van der Waals surface area contributed by atoms with E-state index in [1.165, 1.54) is 11.1 Å². The monoisotopic (exact) mass is 476 g/mol. The summed E-state index contributed by atoms with van der Waals surface area (Å²) in [7, 11) is 1.60. The number of benzene rings is 1. The van der Waals surface area contributed by atoms with E-state index in [2.05, 4.69) is 33.1 Å². The van der Waals surface area contributed by atoms with Gasteiger partial charge in [-0.15, -0.1) is 24.0 Å². The van der Waals surface area contributed by atoms with Crippen LogP contribution in [0.2, 0.25) is 0 Å². The number of guanidine groups is 1. The molecule has 1 aliphatic rings. The van der Waals surface area contributed by atoms with E-state index in [-0.39, 0.29) is 36.4 Å². The number of methoxy groups -OCH3 is 1. The molecule has 8 heteroatoms. The Morgan fingerprint density at radius 2 is 2.12 bits per heavy atom. The first-order valence-corrected chi connectivity index (χ1v) is 8.75. The third-order valence-electron chi connectivity index (χ3n) is 3.81. The van der Waals surface area contributed by atoms with Crippen LogP contribution in [-0.4, -0.2) is 58.4 Å². The molecule has 0 spiro atoms. The summed E-state index contributed by atoms with van der Waals surface area (Å²) in [6.45, 7) is 5.35. The topological polar surface area (TPSA) is 84.0 Å². The molecular formula is C18H29IN4O3. The molecule has 26 heavy (non-hydrogen) atoms. The van der Waals surface area contributed by atoms with Crippen LogP contribution < -0.4 is 20.7 Å². The number of nitrogens with zero attached hydrogens (tertiary/aromatic N) is 1. The maximum Gasteiger partial charge on any atom is 0.241 e. The van der Waals surface area contributed by atoms with E-state index in [0.717, 1.165) is 38.3 Å². The fraction of sp³-hybridized carbons (Fsp3) is 0.556. The Hall–Kier alpha value is -1.55. The normalized spacial score (nSPS) is 12.6. The maximum atomic E-state index is 11.7. The van der Waals surface area contributed by atoms with Gasteiger partial charge in [0.25, 0.3) is 0 Å². The minimum absolute atomic E-state index is 0. The first-order chi connectivity index (χ1) is 12.2. The van der Waals surface area contributed by atoms with Crippen LogP contribution in [0.3, 0.4) is 0 Å². The van der Waals surface area contributed by atoms with Crippen molar-refractivity contribution in [1.82, 2.24) is 16.0 Å². The highest BCUT2D eigenvalue weighted by molar-refractivity contribution is 14.0. The maximum absolute atomic E-state index is 11.7. The molecule has 0 radical (unpaired) electrons. The summed E-state index contributed by atoms with van der Waals surface area (Å²) in [5.41, 5.74) is 2.55. The fourth-order valence-electron chi connectivity index (χ4n) is 2.56. The summed E-state index contributed by atoms with van der Waals surface area (Å²) in [4.78, 5) is 16.0. The number of nitrogens with one attached hydrogen (secondary N) is 3. The third kappa shape index (κ3) is 7.77. The Morgan fingerprint density at radius 3 is 2.88 bits per heavy atom. The molecule has 0 unspecified atom stereocenters. The minimum Gasteiger partial charge on any atom is -0.493 e. The number of amides is 1. The summed E-state index contributed by atoms with van der Waals surface area (Å²) in [6.07, 6.45) is 1.87. The zero-order valence-corrected chi connectivity index (χ0v) is 17.8. The standard InChI is InChI=1S/C18H28N4O3.HI/c1-3-19-18(22-13-17(23)20-9-11-24-2)21-8-6-14-4-5-16-15(12-14)7-10-25-16;/h4-5,12H,3,6-11,13H2,1-2H3,(H,20,23)(H2,19,21,22);1H. The highest BCUT2D eigenvalue weighted by Gasteiger charge is 2.11. The van der Waals surface area contributed by atoms with Crippen LogP contribution in [0.5, 0.6) is 5.75 Å². The van der Waals surface area contributed by atoms with E-state index >= 15 is 0 Å². The third-order valence-corrected chi connectivity index (χ3v) is 3.81. The number of carbonyl (C=O) groups is 1. The van der Waals surface area contributed by atoms with E-state index in [0.29, 0.717) is 19.1 Å². The van der Waals surface area contributed by atoms with Crippen molar-refractivity contribution in [2.24, 2.45) is 4.99 Å². The Balaban J connectivity index is 0.00000338. The van der Waals surface area contributed by atoms with Crippen molar-refractivity contribution < 1.29 is 14.3 Å². The molecule has 1 aromatic carbocycles. The van der Waals surface area contributed by atoms with E-state index < -0.39 is 0 Å². The van der Waals surface area contributed by atoms with Crippen LogP contribution in [0.25, 0.3) is 0 Å². The van der Waals surface area contributed by atoms with Crippen molar-refractivity contribution in [3.8, 4) is 5.75 Å². The Kier molecular flexibility index (Phi) is 11.0. The average Bonchev–Trinajstić information content (AvgIpc) is 3.07. The smallest absolute Gasteiger partial charge is 0.241 e. The lowest BCUT2D eigenvalue weighted by Crippen LogP contribution is -2.39. The molecule has 0 aliphatic carbocycles. The molecule has 7 nitrogen and oxygen atoms in total. The molecule has 0 saturated carbocycles. The predicted molar refractivity (Wildman–Crippen MR) is 114 cm³/mol. The van der Waals surface area contributed by atoms with E-state index in [1.807, 2.05) is 13.0 Å². The van der Waals surface area contributed by atoms with Gasteiger partial charge >= 0.3 is 0 Å². The largest absolute Gasteiger partial charge is 0.493 e. The summed E-state index contributed by atoms with van der Waals surface area (Å²) in [5.74, 6) is 1.54. The Morgan fingerprint density at radius 1 is 1.27 bits per heavy atom. The first-order valence-electron chi connectivity index (χ1n) is 8.75. The zero-order valence-electron chi connectivity index (χ0n) is 15.5. The predicted octanol–water partition coefficient (Wildman–Crippen LogP) is 1.10. The number of fused-ring (bicyclic) bond motifs is 1. The van der Waals surface area contributed by atoms with Gasteiger partial charge in [-0.2, -0.15) is 0 Å². The van der Waals surface area contributed by atoms with Gasteiger partial charge < -0.3 is 25.4 Å². The van der Waals surface area contributed by atoms with Gasteiger partial charge in [0.1, 0.15) is 12.3 Å². The lowest BCUT2D eigenvalue weighted by Gasteiger charge is -2.11. The number of rotatable bonds is 9. The number of carbonyl (C=O) groups excluding carboxylic acids is 1. The molecule has 3 N–H and O–H groups in total. The first kappa shape index (κ1) is 22.5. The minimum atomic E-state index is -0.118. The molecule has 0 saturated heterocycles. The van der Waals surface area contributed by atoms with Crippen molar-refractivity contribution in [3.05, 3.63) is 29.3 Å². The molecule has 2 rings (SSSR count). The average molecular weight is 476 g/mol. The molecule has 146 valence electrons. The van der Waals surface area contributed by atoms with Crippen LogP contribution >= 0.6 is 24.0 Å². The fourth-order valence-corrected chi connectivity index (χ4v) is 2.56. The van der Waals surface area contributed by atoms with Crippen LogP contribution in [0.1, 0.15) is 18.1 Å². The van der Waals surface area contributed by atoms with Crippen LogP contribution in [0.15, 0.2) is 23.2 Å². The molecule has 1 amide bonds. The second kappa shape index (κ2) is 12.7. The van der Waals surface area contributed by atoms with Gasteiger partial charge in [-0.25, -0.2) is 4.99 Å². The van der Waals surface area contributed by atoms with E-state index in [9.17, 15) is 4.79 Å². The van der Waals surface area contributed by atoms with Crippen molar-refractivity contribution in [1.29, 1.82) is 0 Å². The molecule has 0 aromatic heterocycles. The number of hydrogen-bond donors (Lipinski definition) is 3. The molecular weight excluding hydrogens is 447 g/mol. The molecule has 0 atom stereocenters. The summed E-state index contributed by atoms with van der Waals surface area (Å²) in [6, 6.07) is 6.35. The van der Waals surface area contributed by atoms with E-state index in [1.54, 1.807) is 7.11 Å². The van der Waals surface area contributed by atoms with Gasteiger partial charge in [0, 0.05) is 33.2 Å². The van der Waals surface area contributed by atoms with Gasteiger partial charge in [-0.1, -0.05) is 12.1 Å². The molecule has 0 bridgehead atoms. The Bertz CT molecular complexity index is 596. The highest BCUT2D eigenvalue weighted by atomic mass is 127. The lowest BCUT2D eigenvalue weighted by molar-refractivity contribution is -0.119. The quantitative estimate of drug-likeness (QED) is 0.215. The van der Waals surface area contributed by atoms with Crippen LogP contribution in [-0.2, 0) is 22.4 Å². The van der Waals surface area contributed by atoms with Gasteiger partial charge in [-0.05, 0) is 30.5 Å². The van der Waals surface area contributed by atoms with Crippen LogP contribution in [0, 0.1) is 0 Å². The SMILES string of the molecule is CCNC(=NCC(=O)NCCOC)NCCc1ccc2c(c1)CCO2.I. The van der Waals surface area contributed by atoms with E-state index in [4.69, 9.17) is 9.47 Å². The second-order valence-corrected chi connectivity index (χ2v) is 5.76.